The molecule has 19 heavy (non-hydrogen) atoms. The second-order valence-electron chi connectivity index (χ2n) is 4.44. The fourth-order valence-electron chi connectivity index (χ4n) is 1.90. The average Bonchev–Trinajstić information content (AvgIpc) is 2.37. The van der Waals surface area contributed by atoms with Gasteiger partial charge in [0, 0.05) is 6.61 Å². The smallest absolute Gasteiger partial charge is 0.238 e. The van der Waals surface area contributed by atoms with E-state index < -0.39 is 10.0 Å². The lowest BCUT2D eigenvalue weighted by Crippen LogP contribution is -2.25. The van der Waals surface area contributed by atoms with Crippen molar-refractivity contribution in [3.63, 3.8) is 0 Å². The maximum absolute atomic E-state index is 11.2. The Kier molecular flexibility index (Phi) is 4.67. The zero-order valence-corrected chi connectivity index (χ0v) is 11.9. The lowest BCUT2D eigenvalue weighted by Gasteiger charge is -2.22. The number of primary sulfonamides is 1. The van der Waals surface area contributed by atoms with Crippen LogP contribution in [-0.4, -0.2) is 27.7 Å². The van der Waals surface area contributed by atoms with Gasteiger partial charge in [-0.25, -0.2) is 13.6 Å². The Morgan fingerprint density at radius 3 is 2.79 bits per heavy atom. The zero-order chi connectivity index (χ0) is 13.9. The normalized spacial score (nSPS) is 20.2. The van der Waals surface area contributed by atoms with E-state index in [0.29, 0.717) is 12.4 Å². The average molecular weight is 306 g/mol. The first-order chi connectivity index (χ1) is 8.97. The van der Waals surface area contributed by atoms with Gasteiger partial charge in [-0.2, -0.15) is 0 Å². The van der Waals surface area contributed by atoms with E-state index in [0.717, 1.165) is 25.9 Å². The standard InChI is InChI=1S/C12H16ClNO4S/c13-11-7-10(19(14,15)16)4-5-12(11)18-8-9-3-1-2-6-17-9/h4-5,7,9H,1-3,6,8H2,(H2,14,15,16). The van der Waals surface area contributed by atoms with E-state index in [1.807, 2.05) is 0 Å². The Bertz CT molecular complexity index is 541. The van der Waals surface area contributed by atoms with Crippen molar-refractivity contribution in [1.82, 2.24) is 0 Å². The maximum atomic E-state index is 11.2. The summed E-state index contributed by atoms with van der Waals surface area (Å²) in [5.41, 5.74) is 0. The lowest BCUT2D eigenvalue weighted by atomic mass is 10.1. The third-order valence-corrected chi connectivity index (χ3v) is 4.14. The van der Waals surface area contributed by atoms with Crippen molar-refractivity contribution < 1.29 is 17.9 Å². The van der Waals surface area contributed by atoms with Crippen LogP contribution in [0.3, 0.4) is 0 Å². The maximum Gasteiger partial charge on any atom is 0.238 e. The van der Waals surface area contributed by atoms with E-state index in [1.54, 1.807) is 0 Å². The zero-order valence-electron chi connectivity index (χ0n) is 10.3. The van der Waals surface area contributed by atoms with E-state index in [-0.39, 0.29) is 16.0 Å². The molecule has 1 aromatic carbocycles. The van der Waals surface area contributed by atoms with Crippen LogP contribution in [0.25, 0.3) is 0 Å². The minimum atomic E-state index is -3.74. The van der Waals surface area contributed by atoms with Crippen LogP contribution in [0.2, 0.25) is 5.02 Å². The van der Waals surface area contributed by atoms with Crippen LogP contribution < -0.4 is 9.88 Å². The van der Waals surface area contributed by atoms with E-state index >= 15 is 0 Å². The third kappa shape index (κ3) is 4.07. The molecule has 0 aliphatic carbocycles. The summed E-state index contributed by atoms with van der Waals surface area (Å²) in [5, 5.41) is 5.24. The highest BCUT2D eigenvalue weighted by Gasteiger charge is 2.16. The molecule has 106 valence electrons. The van der Waals surface area contributed by atoms with Crippen LogP contribution in [0.5, 0.6) is 5.75 Å². The summed E-state index contributed by atoms with van der Waals surface area (Å²) in [7, 11) is -3.74. The van der Waals surface area contributed by atoms with Crippen LogP contribution in [0, 0.1) is 0 Å². The fraction of sp³-hybridized carbons (Fsp3) is 0.500. The summed E-state index contributed by atoms with van der Waals surface area (Å²) in [4.78, 5) is -0.0289. The molecule has 1 saturated heterocycles. The van der Waals surface area contributed by atoms with Gasteiger partial charge in [0.05, 0.1) is 16.0 Å². The van der Waals surface area contributed by atoms with Gasteiger partial charge in [-0.3, -0.25) is 0 Å². The van der Waals surface area contributed by atoms with Gasteiger partial charge in [0.15, 0.2) is 0 Å². The molecule has 2 N–H and O–H groups in total. The first-order valence-corrected chi connectivity index (χ1v) is 7.96. The highest BCUT2D eigenvalue weighted by molar-refractivity contribution is 7.89. The Morgan fingerprint density at radius 2 is 2.21 bits per heavy atom. The van der Waals surface area contributed by atoms with Gasteiger partial charge < -0.3 is 9.47 Å². The number of rotatable bonds is 4. The molecule has 1 aliphatic rings. The van der Waals surface area contributed by atoms with Crippen LogP contribution >= 0.6 is 11.6 Å². The van der Waals surface area contributed by atoms with Gasteiger partial charge in [-0.15, -0.1) is 0 Å². The van der Waals surface area contributed by atoms with Crippen LogP contribution in [0.4, 0.5) is 0 Å². The lowest BCUT2D eigenvalue weighted by molar-refractivity contribution is -0.0110. The summed E-state index contributed by atoms with van der Waals surface area (Å²) in [5.74, 6) is 0.434. The van der Waals surface area contributed by atoms with Crippen molar-refractivity contribution in [1.29, 1.82) is 0 Å². The van der Waals surface area contributed by atoms with Gasteiger partial charge in [0.1, 0.15) is 12.4 Å². The minimum Gasteiger partial charge on any atom is -0.489 e. The predicted octanol–water partition coefficient (Wildman–Crippen LogP) is 1.94. The number of nitrogens with two attached hydrogens (primary N) is 1. The summed E-state index contributed by atoms with van der Waals surface area (Å²) < 4.78 is 33.4. The van der Waals surface area contributed by atoms with Gasteiger partial charge >= 0.3 is 0 Å². The first kappa shape index (κ1) is 14.6. The Balaban J connectivity index is 2.01. The van der Waals surface area contributed by atoms with E-state index in [1.165, 1.54) is 18.2 Å². The largest absolute Gasteiger partial charge is 0.489 e. The molecule has 0 radical (unpaired) electrons. The Labute approximate surface area is 117 Å². The van der Waals surface area contributed by atoms with Gasteiger partial charge in [0.2, 0.25) is 10.0 Å². The molecule has 7 heteroatoms. The molecule has 1 aromatic rings. The van der Waals surface area contributed by atoms with Gasteiger partial charge in [-0.1, -0.05) is 11.6 Å². The van der Waals surface area contributed by atoms with Crippen LogP contribution in [-0.2, 0) is 14.8 Å². The topological polar surface area (TPSA) is 78.6 Å². The molecule has 1 atom stereocenters. The van der Waals surface area contributed by atoms with Crippen molar-refractivity contribution in [3.8, 4) is 5.75 Å². The molecule has 0 bridgehead atoms. The molecule has 1 aliphatic heterocycles. The molecule has 1 unspecified atom stereocenters. The number of hydrogen-bond donors (Lipinski definition) is 1. The van der Waals surface area contributed by atoms with Crippen molar-refractivity contribution in [2.45, 2.75) is 30.3 Å². The highest BCUT2D eigenvalue weighted by atomic mass is 35.5. The molecular weight excluding hydrogens is 290 g/mol. The summed E-state index contributed by atoms with van der Waals surface area (Å²) >= 11 is 5.97. The number of benzene rings is 1. The third-order valence-electron chi connectivity index (χ3n) is 2.93. The van der Waals surface area contributed by atoms with E-state index in [4.69, 9.17) is 26.2 Å². The van der Waals surface area contributed by atoms with E-state index in [9.17, 15) is 8.42 Å². The fourth-order valence-corrected chi connectivity index (χ4v) is 2.74. The summed E-state index contributed by atoms with van der Waals surface area (Å²) in [6.07, 6.45) is 3.25. The monoisotopic (exact) mass is 305 g/mol. The molecule has 0 saturated carbocycles. The molecular formula is C12H16ClNO4S. The molecule has 5 nitrogen and oxygen atoms in total. The first-order valence-electron chi connectivity index (χ1n) is 6.03. The van der Waals surface area contributed by atoms with Crippen molar-refractivity contribution in [3.05, 3.63) is 23.2 Å². The predicted molar refractivity (Wildman–Crippen MR) is 71.9 cm³/mol. The number of ether oxygens (including phenoxy) is 2. The van der Waals surface area contributed by atoms with Crippen molar-refractivity contribution in [2.75, 3.05) is 13.2 Å². The molecule has 1 fully saturated rings. The highest BCUT2D eigenvalue weighted by Crippen LogP contribution is 2.27. The molecule has 0 aromatic heterocycles. The molecule has 1 heterocycles. The molecule has 2 rings (SSSR count). The molecule has 0 amide bonds. The van der Waals surface area contributed by atoms with Crippen LogP contribution in [0.1, 0.15) is 19.3 Å². The summed E-state index contributed by atoms with van der Waals surface area (Å²) in [6.45, 7) is 1.17. The van der Waals surface area contributed by atoms with Gasteiger partial charge in [-0.05, 0) is 37.5 Å². The minimum absolute atomic E-state index is 0.0289. The Hall–Kier alpha value is -0.820. The number of hydrogen-bond acceptors (Lipinski definition) is 4. The van der Waals surface area contributed by atoms with Crippen LogP contribution in [0.15, 0.2) is 23.1 Å². The number of halogens is 1. The SMILES string of the molecule is NS(=O)(=O)c1ccc(OCC2CCCCO2)c(Cl)c1. The van der Waals surface area contributed by atoms with Crippen molar-refractivity contribution in [2.24, 2.45) is 5.14 Å². The quantitative estimate of drug-likeness (QED) is 0.922. The van der Waals surface area contributed by atoms with Gasteiger partial charge in [0.25, 0.3) is 0 Å². The number of sulfonamides is 1. The second kappa shape index (κ2) is 6.09. The van der Waals surface area contributed by atoms with Crippen molar-refractivity contribution >= 4 is 21.6 Å². The second-order valence-corrected chi connectivity index (χ2v) is 6.41. The summed E-state index contributed by atoms with van der Waals surface area (Å²) in [6, 6.07) is 4.16. The van der Waals surface area contributed by atoms with E-state index in [2.05, 4.69) is 0 Å². The molecule has 0 spiro atoms. The Morgan fingerprint density at radius 1 is 1.42 bits per heavy atom.